The Morgan fingerprint density at radius 3 is 1.92 bits per heavy atom. The summed E-state index contributed by atoms with van der Waals surface area (Å²) in [7, 11) is 1.35. The quantitative estimate of drug-likeness (QED) is 0.0920. The van der Waals surface area contributed by atoms with Crippen LogP contribution in [-0.2, 0) is 48.4 Å². The maximum atomic E-state index is 13.9. The third kappa shape index (κ3) is 9.08. The van der Waals surface area contributed by atoms with Crippen LogP contribution in [0.15, 0.2) is 97.6 Å². The number of allylic oxidation sites excluding steroid dienone is 3. The number of ether oxygens (including phenoxy) is 6. The zero-order valence-electron chi connectivity index (χ0n) is 30.0. The molecule has 5 atom stereocenters. The molecule has 0 radical (unpaired) electrons. The van der Waals surface area contributed by atoms with Gasteiger partial charge in [-0.05, 0) is 86.2 Å². The number of phenolic OH excluding ortho intramolecular Hbond substituents is 3. The Morgan fingerprint density at radius 2 is 1.42 bits per heavy atom. The molecule has 0 bridgehead atoms. The van der Waals surface area contributed by atoms with Crippen LogP contribution in [0, 0.1) is 5.41 Å². The Kier molecular flexibility index (Phi) is 12.6. The number of rotatable bonds is 11. The molecule has 0 saturated carbocycles. The van der Waals surface area contributed by atoms with Crippen LogP contribution in [0.4, 0.5) is 0 Å². The number of aromatic hydroxyl groups is 3. The van der Waals surface area contributed by atoms with E-state index in [4.69, 9.17) is 28.4 Å². The number of hydrogen-bond donors (Lipinski definition) is 3. The SMILES string of the molecule is C=CCCC(=O)O[C@H]1[C@@H](OC)O[C@H](COC(c2ccc(O)cc2)(c2ccc(O)cc2)c2ccc(O)cc2)[C@H]2OC(=O)C(C)(C)CC=CCCC(=O)O[C@H]12. The second-order valence-corrected chi connectivity index (χ2v) is 13.6. The van der Waals surface area contributed by atoms with Crippen LogP contribution >= 0.6 is 0 Å². The van der Waals surface area contributed by atoms with E-state index in [1.807, 2.05) is 6.08 Å². The largest absolute Gasteiger partial charge is 0.508 e. The number of phenols is 3. The van der Waals surface area contributed by atoms with Crippen molar-refractivity contribution < 1.29 is 58.1 Å². The lowest BCUT2D eigenvalue weighted by Gasteiger charge is -2.46. The van der Waals surface area contributed by atoms with Gasteiger partial charge in [0.05, 0.1) is 12.0 Å². The van der Waals surface area contributed by atoms with Crippen molar-refractivity contribution in [3.63, 3.8) is 0 Å². The summed E-state index contributed by atoms with van der Waals surface area (Å²) in [4.78, 5) is 40.2. The van der Waals surface area contributed by atoms with E-state index in [1.165, 1.54) is 43.5 Å². The van der Waals surface area contributed by atoms with E-state index in [0.717, 1.165) is 0 Å². The van der Waals surface area contributed by atoms with Crippen molar-refractivity contribution in [1.29, 1.82) is 0 Å². The number of methoxy groups -OCH3 is 1. The molecule has 282 valence electrons. The van der Waals surface area contributed by atoms with Gasteiger partial charge in [-0.25, -0.2) is 0 Å². The van der Waals surface area contributed by atoms with Crippen molar-refractivity contribution in [3.8, 4) is 17.2 Å². The van der Waals surface area contributed by atoms with Crippen LogP contribution in [0.1, 0.15) is 62.6 Å². The molecule has 1 saturated heterocycles. The summed E-state index contributed by atoms with van der Waals surface area (Å²) in [5, 5.41) is 30.7. The minimum absolute atomic E-state index is 0.00791. The van der Waals surface area contributed by atoms with Gasteiger partial charge >= 0.3 is 17.9 Å². The molecule has 0 unspecified atom stereocenters. The summed E-state index contributed by atoms with van der Waals surface area (Å²) in [6.45, 7) is 6.80. The maximum Gasteiger partial charge on any atom is 0.312 e. The van der Waals surface area contributed by atoms with Crippen molar-refractivity contribution in [2.45, 2.75) is 82.3 Å². The van der Waals surface area contributed by atoms with E-state index in [1.54, 1.807) is 62.4 Å². The van der Waals surface area contributed by atoms with Gasteiger partial charge in [-0.1, -0.05) is 54.6 Å². The molecular formula is C41H46O12. The zero-order valence-corrected chi connectivity index (χ0v) is 30.0. The third-order valence-electron chi connectivity index (χ3n) is 9.30. The van der Waals surface area contributed by atoms with Gasteiger partial charge in [0.2, 0.25) is 0 Å². The van der Waals surface area contributed by atoms with E-state index in [0.29, 0.717) is 36.0 Å². The minimum atomic E-state index is -1.49. The molecule has 0 aliphatic carbocycles. The van der Waals surface area contributed by atoms with Gasteiger partial charge in [-0.3, -0.25) is 14.4 Å². The van der Waals surface area contributed by atoms with Crippen molar-refractivity contribution in [2.75, 3.05) is 13.7 Å². The van der Waals surface area contributed by atoms with E-state index in [-0.39, 0.29) is 36.7 Å². The summed E-state index contributed by atoms with van der Waals surface area (Å²) in [5.74, 6) is -1.83. The van der Waals surface area contributed by atoms with Crippen molar-refractivity contribution >= 4 is 17.9 Å². The molecule has 12 heteroatoms. The number of esters is 3. The fourth-order valence-corrected chi connectivity index (χ4v) is 6.35. The number of benzene rings is 3. The van der Waals surface area contributed by atoms with Gasteiger partial charge in [0.1, 0.15) is 29.0 Å². The second kappa shape index (κ2) is 17.1. The van der Waals surface area contributed by atoms with Gasteiger partial charge in [-0.15, -0.1) is 6.58 Å². The molecule has 3 aromatic carbocycles. The molecule has 2 aliphatic heterocycles. The third-order valence-corrected chi connectivity index (χ3v) is 9.30. The van der Waals surface area contributed by atoms with Gasteiger partial charge in [-0.2, -0.15) is 0 Å². The fourth-order valence-electron chi connectivity index (χ4n) is 6.35. The lowest BCUT2D eigenvalue weighted by Crippen LogP contribution is -2.63. The normalized spacial score (nSPS) is 23.3. The Morgan fingerprint density at radius 1 is 0.868 bits per heavy atom. The lowest BCUT2D eigenvalue weighted by atomic mass is 9.79. The minimum Gasteiger partial charge on any atom is -0.508 e. The first-order valence-corrected chi connectivity index (χ1v) is 17.4. The van der Waals surface area contributed by atoms with E-state index < -0.39 is 59.6 Å². The monoisotopic (exact) mass is 730 g/mol. The van der Waals surface area contributed by atoms with Gasteiger partial charge in [0, 0.05) is 20.0 Å². The topological polar surface area (TPSA) is 167 Å². The van der Waals surface area contributed by atoms with E-state index >= 15 is 0 Å². The molecule has 1 fully saturated rings. The average Bonchev–Trinajstić information content (AvgIpc) is 3.13. The average molecular weight is 731 g/mol. The number of carbonyl (C=O) groups is 3. The van der Waals surface area contributed by atoms with Crippen LogP contribution in [0.2, 0.25) is 0 Å². The van der Waals surface area contributed by atoms with Crippen LogP contribution in [0.3, 0.4) is 0 Å². The molecule has 12 nitrogen and oxygen atoms in total. The fraction of sp³-hybridized carbons (Fsp3) is 0.390. The Bertz CT molecular complexity index is 1640. The summed E-state index contributed by atoms with van der Waals surface area (Å²) in [5.41, 5.74) is -0.845. The van der Waals surface area contributed by atoms with Crippen molar-refractivity contribution in [3.05, 3.63) is 114 Å². The highest BCUT2D eigenvalue weighted by atomic mass is 16.7. The molecule has 0 amide bonds. The second-order valence-electron chi connectivity index (χ2n) is 13.6. The first-order valence-electron chi connectivity index (χ1n) is 17.4. The first kappa shape index (κ1) is 39.0. The standard InChI is InChI=1S/C41H46O12/c1-5-6-10-33(45)52-37-36-35(53-39(47)40(2,3)24-9-7-8-11-34(46)51-36)32(50-38(37)48-4)25-49-41(26-12-18-29(42)19-13-26,27-14-20-30(43)21-15-27)28-16-22-31(44)23-17-28/h5,7,9,12-23,32,35-38,42-44H,1,6,8,10-11,24-25H2,2-4H3/t32-,35-,36+,37-,38+/m1/s1. The Balaban J connectivity index is 1.64. The van der Waals surface area contributed by atoms with Crippen molar-refractivity contribution in [1.82, 2.24) is 0 Å². The van der Waals surface area contributed by atoms with Gasteiger partial charge in [0.15, 0.2) is 24.6 Å². The van der Waals surface area contributed by atoms with Crippen LogP contribution in [0.25, 0.3) is 0 Å². The summed E-state index contributed by atoms with van der Waals surface area (Å²) < 4.78 is 37.1. The highest BCUT2D eigenvalue weighted by molar-refractivity contribution is 5.77. The summed E-state index contributed by atoms with van der Waals surface area (Å²) in [6.07, 6.45) is -0.302. The maximum absolute atomic E-state index is 13.9. The van der Waals surface area contributed by atoms with E-state index in [2.05, 4.69) is 6.58 Å². The highest BCUT2D eigenvalue weighted by Gasteiger charge is 2.54. The van der Waals surface area contributed by atoms with Gasteiger partial charge in [0.25, 0.3) is 0 Å². The molecule has 2 aliphatic rings. The van der Waals surface area contributed by atoms with Gasteiger partial charge < -0.3 is 43.7 Å². The zero-order chi connectivity index (χ0) is 38.2. The molecule has 5 rings (SSSR count). The lowest BCUT2D eigenvalue weighted by molar-refractivity contribution is -0.307. The Labute approximate surface area is 308 Å². The summed E-state index contributed by atoms with van der Waals surface area (Å²) in [6, 6.07) is 19.0. The molecule has 0 spiro atoms. The predicted octanol–water partition coefficient (Wildman–Crippen LogP) is 5.95. The molecule has 3 N–H and O–H groups in total. The summed E-state index contributed by atoms with van der Waals surface area (Å²) >= 11 is 0. The van der Waals surface area contributed by atoms with Crippen LogP contribution < -0.4 is 0 Å². The first-order chi connectivity index (χ1) is 25.4. The molecule has 0 aromatic heterocycles. The molecule has 2 heterocycles. The predicted molar refractivity (Wildman–Crippen MR) is 192 cm³/mol. The van der Waals surface area contributed by atoms with Crippen molar-refractivity contribution in [2.24, 2.45) is 5.41 Å². The number of fused-ring (bicyclic) bond motifs is 1. The van der Waals surface area contributed by atoms with Crippen LogP contribution in [0.5, 0.6) is 17.2 Å². The smallest absolute Gasteiger partial charge is 0.312 e. The molecule has 3 aromatic rings. The number of hydrogen-bond acceptors (Lipinski definition) is 12. The highest BCUT2D eigenvalue weighted by Crippen LogP contribution is 2.43. The molecular weight excluding hydrogens is 684 g/mol. The van der Waals surface area contributed by atoms with Crippen LogP contribution in [-0.4, -0.2) is 77.7 Å². The number of carbonyl (C=O) groups excluding carboxylic acids is 3. The van der Waals surface area contributed by atoms with E-state index in [9.17, 15) is 29.7 Å². The molecule has 53 heavy (non-hydrogen) atoms. The Hall–Kier alpha value is -5.17.